The van der Waals surface area contributed by atoms with Gasteiger partial charge in [0, 0.05) is 5.56 Å². The van der Waals surface area contributed by atoms with Crippen LogP contribution >= 0.6 is 0 Å². The minimum absolute atomic E-state index is 0.119. The third-order valence-corrected chi connectivity index (χ3v) is 7.22. The molecule has 0 spiro atoms. The summed E-state index contributed by atoms with van der Waals surface area (Å²) in [4.78, 5) is 0. The van der Waals surface area contributed by atoms with E-state index in [1.807, 2.05) is 18.2 Å². The molecule has 0 atom stereocenters. The van der Waals surface area contributed by atoms with Gasteiger partial charge in [-0.2, -0.15) is 0 Å². The zero-order valence-electron chi connectivity index (χ0n) is 19.3. The van der Waals surface area contributed by atoms with Crippen molar-refractivity contribution in [2.45, 2.75) is 83.0 Å². The van der Waals surface area contributed by atoms with Crippen molar-refractivity contribution in [2.24, 2.45) is 0 Å². The SMILES string of the molecule is CCCCCCCc1cc(F)c(C2CCC(c3ccc4cc(F)c(F)cc4c3)CC2)c(F)c1. The molecule has 176 valence electrons. The van der Waals surface area contributed by atoms with Gasteiger partial charge in [-0.05, 0) is 96.5 Å². The van der Waals surface area contributed by atoms with Crippen LogP contribution in [0.1, 0.15) is 93.2 Å². The molecule has 0 nitrogen and oxygen atoms in total. The van der Waals surface area contributed by atoms with Crippen molar-refractivity contribution >= 4 is 10.8 Å². The van der Waals surface area contributed by atoms with E-state index in [0.717, 1.165) is 43.2 Å². The highest BCUT2D eigenvalue weighted by atomic mass is 19.2. The fourth-order valence-corrected chi connectivity index (χ4v) is 5.33. The molecule has 1 saturated carbocycles. The molecule has 0 radical (unpaired) electrons. The second-order valence-corrected chi connectivity index (χ2v) is 9.56. The Bertz CT molecular complexity index is 1070. The highest BCUT2D eigenvalue weighted by molar-refractivity contribution is 5.83. The highest BCUT2D eigenvalue weighted by Gasteiger charge is 2.28. The Kier molecular flexibility index (Phi) is 7.72. The van der Waals surface area contributed by atoms with Crippen molar-refractivity contribution in [3.8, 4) is 0 Å². The van der Waals surface area contributed by atoms with Gasteiger partial charge in [-0.1, -0.05) is 50.8 Å². The summed E-state index contributed by atoms with van der Waals surface area (Å²) in [5.41, 5.74) is 2.06. The lowest BCUT2D eigenvalue weighted by Crippen LogP contribution is -2.15. The monoisotopic (exact) mass is 456 g/mol. The Hall–Kier alpha value is -2.36. The van der Waals surface area contributed by atoms with Crippen LogP contribution in [-0.2, 0) is 6.42 Å². The van der Waals surface area contributed by atoms with E-state index in [9.17, 15) is 17.6 Å². The average molecular weight is 457 g/mol. The number of aryl methyl sites for hydroxylation is 1. The molecule has 0 aromatic heterocycles. The number of benzene rings is 3. The van der Waals surface area contributed by atoms with Crippen LogP contribution in [0.15, 0.2) is 42.5 Å². The minimum Gasteiger partial charge on any atom is -0.207 e. The van der Waals surface area contributed by atoms with Crippen LogP contribution in [0.4, 0.5) is 17.6 Å². The molecule has 1 aliphatic carbocycles. The van der Waals surface area contributed by atoms with Crippen LogP contribution in [0.2, 0.25) is 0 Å². The quantitative estimate of drug-likeness (QED) is 0.234. The molecule has 0 bridgehead atoms. The lowest BCUT2D eigenvalue weighted by atomic mass is 9.75. The van der Waals surface area contributed by atoms with Crippen molar-refractivity contribution in [1.82, 2.24) is 0 Å². The smallest absolute Gasteiger partial charge is 0.159 e. The molecular formula is C29H32F4. The summed E-state index contributed by atoms with van der Waals surface area (Å²) >= 11 is 0. The lowest BCUT2D eigenvalue weighted by molar-refractivity contribution is 0.376. The second-order valence-electron chi connectivity index (χ2n) is 9.56. The van der Waals surface area contributed by atoms with Gasteiger partial charge in [0.05, 0.1) is 0 Å². The summed E-state index contributed by atoms with van der Waals surface area (Å²) in [5.74, 6) is -2.38. The van der Waals surface area contributed by atoms with Gasteiger partial charge in [0.1, 0.15) is 11.6 Å². The molecule has 0 unspecified atom stereocenters. The Balaban J connectivity index is 1.40. The van der Waals surface area contributed by atoms with Crippen LogP contribution < -0.4 is 0 Å². The van der Waals surface area contributed by atoms with Gasteiger partial charge in [0.2, 0.25) is 0 Å². The summed E-state index contributed by atoms with van der Waals surface area (Å²) in [6, 6.07) is 11.2. The van der Waals surface area contributed by atoms with Gasteiger partial charge < -0.3 is 0 Å². The standard InChI is InChI=1S/C29H32F4/c1-2-3-4-5-6-7-19-14-27(32)29(28(33)15-19)21-10-8-20(9-11-21)22-12-13-23-17-25(30)26(31)18-24(23)16-22/h12-18,20-21H,2-11H2,1H3. The summed E-state index contributed by atoms with van der Waals surface area (Å²) in [5, 5.41) is 1.34. The van der Waals surface area contributed by atoms with Crippen molar-refractivity contribution < 1.29 is 17.6 Å². The molecule has 0 aliphatic heterocycles. The van der Waals surface area contributed by atoms with E-state index < -0.39 is 23.3 Å². The Morgan fingerprint density at radius 1 is 0.636 bits per heavy atom. The normalized spacial score (nSPS) is 18.7. The minimum atomic E-state index is -0.848. The highest BCUT2D eigenvalue weighted by Crippen LogP contribution is 2.42. The van der Waals surface area contributed by atoms with Crippen LogP contribution in [0.5, 0.6) is 0 Å². The fraction of sp³-hybridized carbons (Fsp3) is 0.448. The van der Waals surface area contributed by atoms with Gasteiger partial charge in [0.15, 0.2) is 11.6 Å². The van der Waals surface area contributed by atoms with E-state index in [-0.39, 0.29) is 17.4 Å². The van der Waals surface area contributed by atoms with Crippen LogP contribution in [0, 0.1) is 23.3 Å². The molecule has 0 amide bonds. The number of rotatable bonds is 8. The Labute approximate surface area is 194 Å². The maximum absolute atomic E-state index is 14.9. The molecular weight excluding hydrogens is 424 g/mol. The molecule has 3 aromatic rings. The maximum atomic E-state index is 14.9. The predicted molar refractivity (Wildman–Crippen MR) is 127 cm³/mol. The van der Waals surface area contributed by atoms with Gasteiger partial charge in [-0.15, -0.1) is 0 Å². The maximum Gasteiger partial charge on any atom is 0.159 e. The second kappa shape index (κ2) is 10.7. The summed E-state index contributed by atoms with van der Waals surface area (Å²) in [6.45, 7) is 2.17. The van der Waals surface area contributed by atoms with E-state index in [1.54, 1.807) is 0 Å². The van der Waals surface area contributed by atoms with Gasteiger partial charge in [-0.3, -0.25) is 0 Å². The number of fused-ring (bicyclic) bond motifs is 1. The molecule has 1 fully saturated rings. The van der Waals surface area contributed by atoms with E-state index >= 15 is 0 Å². The zero-order chi connectivity index (χ0) is 23.4. The third kappa shape index (κ3) is 5.59. The van der Waals surface area contributed by atoms with Crippen LogP contribution in [0.25, 0.3) is 10.8 Å². The molecule has 0 heterocycles. The molecule has 0 saturated heterocycles. The van der Waals surface area contributed by atoms with Crippen molar-refractivity contribution in [2.75, 3.05) is 0 Å². The molecule has 4 rings (SSSR count). The molecule has 0 N–H and O–H groups in total. The van der Waals surface area contributed by atoms with E-state index in [0.29, 0.717) is 23.6 Å². The predicted octanol–water partition coefficient (Wildman–Crippen LogP) is 9.35. The van der Waals surface area contributed by atoms with Gasteiger partial charge in [-0.25, -0.2) is 17.6 Å². The number of halogens is 4. The first-order valence-corrected chi connectivity index (χ1v) is 12.3. The average Bonchev–Trinajstić information content (AvgIpc) is 2.79. The lowest BCUT2D eigenvalue weighted by Gasteiger charge is -2.30. The number of hydrogen-bond acceptors (Lipinski definition) is 0. The first-order chi connectivity index (χ1) is 16.0. The number of hydrogen-bond donors (Lipinski definition) is 0. The molecule has 1 aliphatic rings. The summed E-state index contributed by atoms with van der Waals surface area (Å²) in [7, 11) is 0. The van der Waals surface area contributed by atoms with Crippen molar-refractivity contribution in [3.05, 3.63) is 82.4 Å². The summed E-state index contributed by atoms with van der Waals surface area (Å²) < 4.78 is 56.9. The van der Waals surface area contributed by atoms with E-state index in [4.69, 9.17) is 0 Å². The van der Waals surface area contributed by atoms with E-state index in [2.05, 4.69) is 6.92 Å². The summed E-state index contributed by atoms with van der Waals surface area (Å²) in [6.07, 6.45) is 9.40. The zero-order valence-corrected chi connectivity index (χ0v) is 19.3. The number of unbranched alkanes of at least 4 members (excludes halogenated alkanes) is 4. The first kappa shape index (κ1) is 23.8. The fourth-order valence-electron chi connectivity index (χ4n) is 5.33. The largest absolute Gasteiger partial charge is 0.207 e. The molecule has 3 aromatic carbocycles. The van der Waals surface area contributed by atoms with Crippen LogP contribution in [0.3, 0.4) is 0 Å². The Morgan fingerprint density at radius 2 is 1.24 bits per heavy atom. The van der Waals surface area contributed by atoms with E-state index in [1.165, 1.54) is 43.5 Å². The van der Waals surface area contributed by atoms with Crippen molar-refractivity contribution in [1.29, 1.82) is 0 Å². The van der Waals surface area contributed by atoms with Crippen LogP contribution in [-0.4, -0.2) is 0 Å². The van der Waals surface area contributed by atoms with Gasteiger partial charge >= 0.3 is 0 Å². The molecule has 33 heavy (non-hydrogen) atoms. The molecule has 4 heteroatoms. The topological polar surface area (TPSA) is 0 Å². The Morgan fingerprint density at radius 3 is 1.91 bits per heavy atom. The van der Waals surface area contributed by atoms with Crippen molar-refractivity contribution in [3.63, 3.8) is 0 Å². The van der Waals surface area contributed by atoms with Gasteiger partial charge in [0.25, 0.3) is 0 Å². The first-order valence-electron chi connectivity index (χ1n) is 12.3. The third-order valence-electron chi connectivity index (χ3n) is 7.22.